The Bertz CT molecular complexity index is 536. The fourth-order valence-corrected chi connectivity index (χ4v) is 2.43. The van der Waals surface area contributed by atoms with Crippen molar-refractivity contribution in [3.63, 3.8) is 0 Å². The summed E-state index contributed by atoms with van der Waals surface area (Å²) >= 11 is 6.07. The first kappa shape index (κ1) is 14.0. The van der Waals surface area contributed by atoms with Crippen molar-refractivity contribution in [3.8, 4) is 0 Å². The molecular formula is C17H20ClN. The van der Waals surface area contributed by atoms with Gasteiger partial charge >= 0.3 is 0 Å². The van der Waals surface area contributed by atoms with E-state index in [4.69, 9.17) is 11.6 Å². The summed E-state index contributed by atoms with van der Waals surface area (Å²) in [5, 5.41) is 4.38. The van der Waals surface area contributed by atoms with Gasteiger partial charge in [0.2, 0.25) is 0 Å². The molecule has 0 radical (unpaired) electrons. The van der Waals surface area contributed by atoms with Crippen LogP contribution in [0.4, 0.5) is 5.69 Å². The Labute approximate surface area is 120 Å². The van der Waals surface area contributed by atoms with Gasteiger partial charge in [-0.25, -0.2) is 0 Å². The number of halogens is 1. The van der Waals surface area contributed by atoms with Gasteiger partial charge in [-0.15, -0.1) is 0 Å². The van der Waals surface area contributed by atoms with Gasteiger partial charge in [-0.05, 0) is 48.2 Å². The van der Waals surface area contributed by atoms with E-state index in [1.807, 2.05) is 18.2 Å². The molecule has 1 N–H and O–H groups in total. The molecule has 2 aromatic rings. The van der Waals surface area contributed by atoms with E-state index >= 15 is 0 Å². The zero-order chi connectivity index (χ0) is 13.7. The maximum Gasteiger partial charge on any atom is 0.0511 e. The van der Waals surface area contributed by atoms with Crippen LogP contribution in [0.1, 0.15) is 37.4 Å². The lowest BCUT2D eigenvalue weighted by molar-refractivity contribution is 0.749. The van der Waals surface area contributed by atoms with Crippen LogP contribution >= 0.6 is 11.6 Å². The highest BCUT2D eigenvalue weighted by Gasteiger charge is 2.09. The fourth-order valence-electron chi connectivity index (χ4n) is 2.23. The Hall–Kier alpha value is -1.47. The summed E-state index contributed by atoms with van der Waals surface area (Å²) in [5.41, 5.74) is 3.76. The van der Waals surface area contributed by atoms with Gasteiger partial charge in [0.1, 0.15) is 0 Å². The van der Waals surface area contributed by atoms with E-state index in [2.05, 4.69) is 49.5 Å². The first-order valence-corrected chi connectivity index (χ1v) is 7.21. The minimum atomic E-state index is 0.297. The van der Waals surface area contributed by atoms with Crippen molar-refractivity contribution in [2.24, 2.45) is 0 Å². The second kappa shape index (κ2) is 6.63. The molecular weight excluding hydrogens is 254 g/mol. The molecule has 0 aliphatic rings. The van der Waals surface area contributed by atoms with Crippen LogP contribution in [-0.4, -0.2) is 0 Å². The minimum absolute atomic E-state index is 0.297. The Morgan fingerprint density at radius 1 is 1.05 bits per heavy atom. The first-order chi connectivity index (χ1) is 9.22. The van der Waals surface area contributed by atoms with Gasteiger partial charge in [0.15, 0.2) is 0 Å². The average Bonchev–Trinajstić information content (AvgIpc) is 2.45. The second-order valence-electron chi connectivity index (χ2n) is 4.71. The van der Waals surface area contributed by atoms with E-state index < -0.39 is 0 Å². The lowest BCUT2D eigenvalue weighted by atomic mass is 10.0. The van der Waals surface area contributed by atoms with Crippen molar-refractivity contribution in [2.75, 3.05) is 5.32 Å². The monoisotopic (exact) mass is 273 g/mol. The molecule has 100 valence electrons. The molecule has 0 amide bonds. The van der Waals surface area contributed by atoms with Gasteiger partial charge in [-0.2, -0.15) is 0 Å². The number of benzene rings is 2. The summed E-state index contributed by atoms with van der Waals surface area (Å²) < 4.78 is 0. The molecule has 0 heterocycles. The molecule has 0 fully saturated rings. The molecule has 0 aromatic heterocycles. The third-order valence-corrected chi connectivity index (χ3v) is 3.57. The third-order valence-electron chi connectivity index (χ3n) is 3.34. The predicted octanol–water partition coefficient (Wildman–Crippen LogP) is 5.47. The Morgan fingerprint density at radius 3 is 2.53 bits per heavy atom. The highest BCUT2D eigenvalue weighted by molar-refractivity contribution is 6.30. The Balaban J connectivity index is 2.18. The summed E-state index contributed by atoms with van der Waals surface area (Å²) in [7, 11) is 0. The predicted molar refractivity (Wildman–Crippen MR) is 83.9 cm³/mol. The molecule has 0 spiro atoms. The summed E-state index contributed by atoms with van der Waals surface area (Å²) in [4.78, 5) is 0. The normalized spacial score (nSPS) is 12.2. The average molecular weight is 274 g/mol. The van der Waals surface area contributed by atoms with E-state index in [1.165, 1.54) is 16.8 Å². The van der Waals surface area contributed by atoms with Gasteiger partial charge in [0.25, 0.3) is 0 Å². The highest BCUT2D eigenvalue weighted by Crippen LogP contribution is 2.25. The lowest BCUT2D eigenvalue weighted by Gasteiger charge is -2.19. The van der Waals surface area contributed by atoms with E-state index in [9.17, 15) is 0 Å². The van der Waals surface area contributed by atoms with Crippen molar-refractivity contribution >= 4 is 17.3 Å². The van der Waals surface area contributed by atoms with Crippen LogP contribution in [-0.2, 0) is 6.42 Å². The number of hydrogen-bond acceptors (Lipinski definition) is 1. The number of aryl methyl sites for hydroxylation is 1. The summed E-state index contributed by atoms with van der Waals surface area (Å²) in [6, 6.07) is 17.0. The van der Waals surface area contributed by atoms with Crippen LogP contribution in [0.5, 0.6) is 0 Å². The molecule has 1 atom stereocenters. The topological polar surface area (TPSA) is 12.0 Å². The van der Waals surface area contributed by atoms with Crippen molar-refractivity contribution in [2.45, 2.75) is 32.7 Å². The van der Waals surface area contributed by atoms with E-state index in [1.54, 1.807) is 0 Å². The summed E-state index contributed by atoms with van der Waals surface area (Å²) in [6.45, 7) is 4.36. The van der Waals surface area contributed by atoms with Gasteiger partial charge in [-0.3, -0.25) is 0 Å². The zero-order valence-corrected chi connectivity index (χ0v) is 12.2. The van der Waals surface area contributed by atoms with Gasteiger partial charge in [0.05, 0.1) is 6.04 Å². The largest absolute Gasteiger partial charge is 0.378 e. The van der Waals surface area contributed by atoms with Gasteiger partial charge in [-0.1, -0.05) is 49.7 Å². The van der Waals surface area contributed by atoms with Crippen LogP contribution in [0.2, 0.25) is 5.02 Å². The number of hydrogen-bond donors (Lipinski definition) is 1. The number of anilines is 1. The van der Waals surface area contributed by atoms with Crippen LogP contribution in [0.3, 0.4) is 0 Å². The molecule has 2 heteroatoms. The van der Waals surface area contributed by atoms with Crippen molar-refractivity contribution in [1.82, 2.24) is 0 Å². The van der Waals surface area contributed by atoms with Crippen LogP contribution in [0.25, 0.3) is 0 Å². The zero-order valence-electron chi connectivity index (χ0n) is 11.5. The number of rotatable bonds is 5. The first-order valence-electron chi connectivity index (χ1n) is 6.84. The molecule has 0 aliphatic heterocycles. The molecule has 1 nitrogen and oxygen atoms in total. The smallest absolute Gasteiger partial charge is 0.0511 e. The van der Waals surface area contributed by atoms with E-state index in [0.717, 1.165) is 17.9 Å². The molecule has 2 aromatic carbocycles. The highest BCUT2D eigenvalue weighted by atomic mass is 35.5. The van der Waals surface area contributed by atoms with Crippen molar-refractivity contribution in [1.29, 1.82) is 0 Å². The fraction of sp³-hybridized carbons (Fsp3) is 0.294. The Kier molecular flexibility index (Phi) is 4.86. The maximum absolute atomic E-state index is 6.07. The summed E-state index contributed by atoms with van der Waals surface area (Å²) in [6.07, 6.45) is 2.08. The van der Waals surface area contributed by atoms with Crippen LogP contribution in [0, 0.1) is 0 Å². The molecule has 0 bridgehead atoms. The van der Waals surface area contributed by atoms with Gasteiger partial charge in [0, 0.05) is 10.7 Å². The second-order valence-corrected chi connectivity index (χ2v) is 5.15. The quantitative estimate of drug-likeness (QED) is 0.762. The van der Waals surface area contributed by atoms with Crippen LogP contribution < -0.4 is 5.32 Å². The molecule has 0 aliphatic carbocycles. The van der Waals surface area contributed by atoms with Crippen molar-refractivity contribution < 1.29 is 0 Å². The third kappa shape index (κ3) is 3.74. The van der Waals surface area contributed by atoms with Gasteiger partial charge < -0.3 is 5.32 Å². The standard InChI is InChI=1S/C17H20ClN/c1-3-13-7-5-10-16(11-13)19-17(4-2)14-8-6-9-15(18)12-14/h5-12,17,19H,3-4H2,1-2H3. The molecule has 2 rings (SSSR count). The molecule has 0 saturated heterocycles. The maximum atomic E-state index is 6.07. The lowest BCUT2D eigenvalue weighted by Crippen LogP contribution is -2.09. The Morgan fingerprint density at radius 2 is 1.84 bits per heavy atom. The SMILES string of the molecule is CCc1cccc(NC(CC)c2cccc(Cl)c2)c1. The number of nitrogens with one attached hydrogen (secondary N) is 1. The summed E-state index contributed by atoms with van der Waals surface area (Å²) in [5.74, 6) is 0. The van der Waals surface area contributed by atoms with E-state index in [-0.39, 0.29) is 0 Å². The van der Waals surface area contributed by atoms with E-state index in [0.29, 0.717) is 6.04 Å². The minimum Gasteiger partial charge on any atom is -0.378 e. The molecule has 19 heavy (non-hydrogen) atoms. The molecule has 0 saturated carbocycles. The van der Waals surface area contributed by atoms with Crippen molar-refractivity contribution in [3.05, 3.63) is 64.7 Å². The van der Waals surface area contributed by atoms with Crippen LogP contribution in [0.15, 0.2) is 48.5 Å². The molecule has 1 unspecified atom stereocenters.